The highest BCUT2D eigenvalue weighted by Gasteiger charge is 2.37. The van der Waals surface area contributed by atoms with Gasteiger partial charge in [-0.3, -0.25) is 9.59 Å². The maximum atomic E-state index is 13.6. The number of hydrogen-bond donors (Lipinski definition) is 2. The van der Waals surface area contributed by atoms with Gasteiger partial charge in [0.1, 0.15) is 11.4 Å². The lowest BCUT2D eigenvalue weighted by atomic mass is 10.1. The lowest BCUT2D eigenvalue weighted by molar-refractivity contribution is -0.137. The maximum absolute atomic E-state index is 13.6. The van der Waals surface area contributed by atoms with Crippen molar-refractivity contribution in [2.24, 2.45) is 0 Å². The number of aldehydes is 1. The van der Waals surface area contributed by atoms with Gasteiger partial charge in [0.2, 0.25) is 0 Å². The van der Waals surface area contributed by atoms with Crippen LogP contribution in [0.4, 0.5) is 29.1 Å². The predicted molar refractivity (Wildman–Crippen MR) is 92.1 cm³/mol. The Morgan fingerprint density at radius 3 is 2.50 bits per heavy atom. The minimum atomic E-state index is -4.68. The summed E-state index contributed by atoms with van der Waals surface area (Å²) in [6, 6.07) is 2.36. The van der Waals surface area contributed by atoms with Gasteiger partial charge < -0.3 is 15.3 Å². The molecule has 2 N–H and O–H groups in total. The molecule has 2 heterocycles. The molecule has 0 radical (unpaired) electrons. The van der Waals surface area contributed by atoms with Crippen LogP contribution < -0.4 is 10.2 Å². The van der Waals surface area contributed by atoms with Gasteiger partial charge in [-0.15, -0.1) is 0 Å². The van der Waals surface area contributed by atoms with E-state index in [0.717, 1.165) is 31.2 Å². The van der Waals surface area contributed by atoms with Crippen LogP contribution in [0.5, 0.6) is 5.75 Å². The quantitative estimate of drug-likeness (QED) is 0.609. The summed E-state index contributed by atoms with van der Waals surface area (Å²) < 4.78 is 53.9. The molecule has 148 valence electrons. The van der Waals surface area contributed by atoms with Gasteiger partial charge in [-0.05, 0) is 31.0 Å². The van der Waals surface area contributed by atoms with E-state index < -0.39 is 34.8 Å². The second kappa shape index (κ2) is 7.45. The van der Waals surface area contributed by atoms with E-state index in [9.17, 15) is 32.3 Å². The molecule has 1 fully saturated rings. The molecule has 2 aromatic rings. The molecular formula is C18H15F4N3O3. The van der Waals surface area contributed by atoms with Crippen molar-refractivity contribution in [3.8, 4) is 5.75 Å². The highest BCUT2D eigenvalue weighted by Crippen LogP contribution is 2.38. The Morgan fingerprint density at radius 2 is 1.89 bits per heavy atom. The summed E-state index contributed by atoms with van der Waals surface area (Å²) >= 11 is 0. The highest BCUT2D eigenvalue weighted by atomic mass is 19.4. The topological polar surface area (TPSA) is 82.5 Å². The van der Waals surface area contributed by atoms with Crippen molar-refractivity contribution < 1.29 is 32.3 Å². The lowest BCUT2D eigenvalue weighted by Crippen LogP contribution is -2.24. The number of nitrogens with zero attached hydrogens (tertiary/aromatic N) is 2. The van der Waals surface area contributed by atoms with Crippen molar-refractivity contribution in [3.05, 3.63) is 46.9 Å². The van der Waals surface area contributed by atoms with Crippen LogP contribution in [0.15, 0.2) is 24.4 Å². The van der Waals surface area contributed by atoms with Crippen LogP contribution in [0.2, 0.25) is 0 Å². The van der Waals surface area contributed by atoms with Crippen molar-refractivity contribution >= 4 is 23.7 Å². The number of benzene rings is 1. The number of phenols is 1. The molecule has 1 aromatic heterocycles. The van der Waals surface area contributed by atoms with E-state index >= 15 is 0 Å². The van der Waals surface area contributed by atoms with Crippen molar-refractivity contribution in [3.63, 3.8) is 0 Å². The molecule has 0 aliphatic carbocycles. The third-order valence-electron chi connectivity index (χ3n) is 4.32. The number of aromatic hydroxyl groups is 1. The Bertz CT molecular complexity index is 925. The molecule has 0 saturated carbocycles. The van der Waals surface area contributed by atoms with Gasteiger partial charge in [0.25, 0.3) is 5.91 Å². The van der Waals surface area contributed by atoms with E-state index in [4.69, 9.17) is 0 Å². The Morgan fingerprint density at radius 1 is 1.21 bits per heavy atom. The van der Waals surface area contributed by atoms with Gasteiger partial charge in [-0.2, -0.15) is 13.2 Å². The first kappa shape index (κ1) is 19.6. The number of alkyl halides is 3. The molecule has 3 rings (SSSR count). The average molecular weight is 397 g/mol. The number of hydrogen-bond acceptors (Lipinski definition) is 5. The van der Waals surface area contributed by atoms with Crippen LogP contribution in [0.25, 0.3) is 0 Å². The minimum Gasteiger partial charge on any atom is -0.504 e. The summed E-state index contributed by atoms with van der Waals surface area (Å²) in [5.41, 5.74) is -2.02. The SMILES string of the molecule is O=Cc1cc(C(=O)Nc2cnc(N3CCCC3)c(C(F)(F)F)c2)cc(F)c1O. The fourth-order valence-corrected chi connectivity index (χ4v) is 2.96. The van der Waals surface area contributed by atoms with Gasteiger partial charge >= 0.3 is 6.18 Å². The van der Waals surface area contributed by atoms with Crippen LogP contribution in [-0.2, 0) is 6.18 Å². The summed E-state index contributed by atoms with van der Waals surface area (Å²) in [7, 11) is 0. The zero-order chi connectivity index (χ0) is 20.5. The first-order valence-electron chi connectivity index (χ1n) is 8.32. The van der Waals surface area contributed by atoms with Gasteiger partial charge in [-0.25, -0.2) is 9.37 Å². The third-order valence-corrected chi connectivity index (χ3v) is 4.32. The summed E-state index contributed by atoms with van der Waals surface area (Å²) in [5, 5.41) is 11.6. The molecule has 1 saturated heterocycles. The molecule has 1 amide bonds. The number of phenolic OH excluding ortho intramolecular Hbond substituents is 1. The van der Waals surface area contributed by atoms with E-state index in [0.29, 0.717) is 19.2 Å². The molecule has 0 unspecified atom stereocenters. The zero-order valence-corrected chi connectivity index (χ0v) is 14.4. The van der Waals surface area contributed by atoms with Crippen molar-refractivity contribution in [2.45, 2.75) is 19.0 Å². The fraction of sp³-hybridized carbons (Fsp3) is 0.278. The highest BCUT2D eigenvalue weighted by molar-refractivity contribution is 6.05. The second-order valence-electron chi connectivity index (χ2n) is 6.25. The van der Waals surface area contributed by atoms with E-state index in [1.807, 2.05) is 0 Å². The second-order valence-corrected chi connectivity index (χ2v) is 6.25. The summed E-state index contributed by atoms with van der Waals surface area (Å²) in [5.74, 6) is -3.27. The molecule has 6 nitrogen and oxygen atoms in total. The number of pyridine rings is 1. The molecule has 1 aromatic carbocycles. The van der Waals surface area contributed by atoms with Crippen LogP contribution in [0.3, 0.4) is 0 Å². The standard InChI is InChI=1S/C18H15F4N3O3/c19-14-6-10(5-11(9-26)15(14)27)17(28)24-12-7-13(18(20,21)22)16(23-8-12)25-3-1-2-4-25/h5-9,27H,1-4H2,(H,24,28). The molecule has 28 heavy (non-hydrogen) atoms. The predicted octanol–water partition coefficient (Wildman–Crippen LogP) is 3.61. The van der Waals surface area contributed by atoms with Crippen molar-refractivity contribution in [1.82, 2.24) is 4.98 Å². The molecule has 0 bridgehead atoms. The monoisotopic (exact) mass is 397 g/mol. The zero-order valence-electron chi connectivity index (χ0n) is 14.4. The first-order valence-corrected chi connectivity index (χ1v) is 8.32. The number of aromatic nitrogens is 1. The molecule has 0 spiro atoms. The molecule has 10 heteroatoms. The van der Waals surface area contributed by atoms with Crippen LogP contribution in [0.1, 0.15) is 39.1 Å². The van der Waals surface area contributed by atoms with Crippen molar-refractivity contribution in [2.75, 3.05) is 23.3 Å². The Labute approximate surface area is 156 Å². The first-order chi connectivity index (χ1) is 13.2. The van der Waals surface area contributed by atoms with Gasteiger partial charge in [0, 0.05) is 18.7 Å². The van der Waals surface area contributed by atoms with Crippen LogP contribution in [-0.4, -0.2) is 35.4 Å². The molecule has 1 aliphatic rings. The molecule has 1 aliphatic heterocycles. The van der Waals surface area contributed by atoms with E-state index in [1.165, 1.54) is 4.90 Å². The number of carbonyl (C=O) groups is 2. The Balaban J connectivity index is 1.91. The number of rotatable bonds is 4. The number of carbonyl (C=O) groups excluding carboxylic acids is 2. The largest absolute Gasteiger partial charge is 0.504 e. The normalized spacial score (nSPS) is 14.2. The number of nitrogens with one attached hydrogen (secondary N) is 1. The Hall–Kier alpha value is -3.17. The van der Waals surface area contributed by atoms with E-state index in [2.05, 4.69) is 10.3 Å². The molecule has 0 atom stereocenters. The maximum Gasteiger partial charge on any atom is 0.420 e. The van der Waals surface area contributed by atoms with E-state index in [-0.39, 0.29) is 23.4 Å². The minimum absolute atomic E-state index is 0.156. The van der Waals surface area contributed by atoms with Gasteiger partial charge in [-0.1, -0.05) is 0 Å². The lowest BCUT2D eigenvalue weighted by Gasteiger charge is -2.22. The van der Waals surface area contributed by atoms with E-state index in [1.54, 1.807) is 0 Å². The summed E-state index contributed by atoms with van der Waals surface area (Å²) in [6.07, 6.45) is -1.91. The summed E-state index contributed by atoms with van der Waals surface area (Å²) in [6.45, 7) is 0.923. The third kappa shape index (κ3) is 3.90. The van der Waals surface area contributed by atoms with Crippen LogP contribution >= 0.6 is 0 Å². The average Bonchev–Trinajstić information content (AvgIpc) is 3.17. The molecular weight excluding hydrogens is 382 g/mol. The van der Waals surface area contributed by atoms with Crippen molar-refractivity contribution in [1.29, 1.82) is 0 Å². The number of halogens is 4. The number of anilines is 2. The summed E-state index contributed by atoms with van der Waals surface area (Å²) in [4.78, 5) is 28.5. The van der Waals surface area contributed by atoms with Gasteiger partial charge in [0.15, 0.2) is 17.9 Å². The fourth-order valence-electron chi connectivity index (χ4n) is 2.96. The Kier molecular flexibility index (Phi) is 5.21. The van der Waals surface area contributed by atoms with Crippen LogP contribution in [0, 0.1) is 5.82 Å². The van der Waals surface area contributed by atoms with Gasteiger partial charge in [0.05, 0.1) is 17.4 Å². The smallest absolute Gasteiger partial charge is 0.420 e. The number of amides is 1.